The van der Waals surface area contributed by atoms with Crippen LogP contribution in [0.4, 0.5) is 14.6 Å². The van der Waals surface area contributed by atoms with Crippen LogP contribution in [0, 0.1) is 18.6 Å². The molecule has 1 fully saturated rings. The molecule has 3 aromatic rings. The molecule has 32 heavy (non-hydrogen) atoms. The van der Waals surface area contributed by atoms with Crippen molar-refractivity contribution in [3.05, 3.63) is 88.9 Å². The molecule has 1 saturated heterocycles. The molecule has 2 aromatic heterocycles. The Balaban J connectivity index is 1.96. The second-order valence-corrected chi connectivity index (χ2v) is 7.75. The van der Waals surface area contributed by atoms with Gasteiger partial charge in [-0.3, -0.25) is 4.98 Å². The molecule has 8 heteroatoms. The number of nitrogens with zero attached hydrogens (tertiary/aromatic N) is 4. The Kier molecular flexibility index (Phi) is 6.14. The van der Waals surface area contributed by atoms with Crippen LogP contribution in [0.2, 0.25) is 0 Å². The first kappa shape index (κ1) is 21.8. The zero-order valence-corrected chi connectivity index (χ0v) is 17.9. The third kappa shape index (κ3) is 3.82. The maximum absolute atomic E-state index is 15.2. The highest BCUT2D eigenvalue weighted by Gasteiger charge is 2.43. The fraction of sp³-hybridized carbons (Fsp3) is 0.292. The molecule has 4 rings (SSSR count). The van der Waals surface area contributed by atoms with E-state index in [0.717, 1.165) is 25.0 Å². The van der Waals surface area contributed by atoms with Gasteiger partial charge in [0.2, 0.25) is 0 Å². The summed E-state index contributed by atoms with van der Waals surface area (Å²) in [5.41, 5.74) is 0.956. The van der Waals surface area contributed by atoms with Crippen LogP contribution in [0.5, 0.6) is 0 Å². The van der Waals surface area contributed by atoms with E-state index in [1.807, 2.05) is 19.1 Å². The maximum atomic E-state index is 15.2. The second kappa shape index (κ2) is 9.00. The minimum atomic E-state index is -1.34. The lowest BCUT2D eigenvalue weighted by atomic mass is 9.67. The first-order valence-corrected chi connectivity index (χ1v) is 10.3. The van der Waals surface area contributed by atoms with E-state index in [1.54, 1.807) is 31.5 Å². The monoisotopic (exact) mass is 438 g/mol. The van der Waals surface area contributed by atoms with Gasteiger partial charge in [0.15, 0.2) is 0 Å². The molecule has 1 N–H and O–H groups in total. The van der Waals surface area contributed by atoms with E-state index in [0.29, 0.717) is 30.0 Å². The van der Waals surface area contributed by atoms with Crippen molar-refractivity contribution >= 4 is 11.5 Å². The topological polar surface area (TPSA) is 70.8 Å². The summed E-state index contributed by atoms with van der Waals surface area (Å²) in [5.74, 6) is -0.666. The molecule has 1 unspecified atom stereocenters. The highest BCUT2D eigenvalue weighted by Crippen LogP contribution is 2.42. The third-order valence-electron chi connectivity index (χ3n) is 5.87. The molecule has 1 aliphatic heterocycles. The number of pyridine rings is 2. The number of anilines is 1. The van der Waals surface area contributed by atoms with Crippen LogP contribution in [-0.2, 0) is 10.2 Å². The minimum Gasteiger partial charge on any atom is -0.411 e. The summed E-state index contributed by atoms with van der Waals surface area (Å²) >= 11 is 0. The van der Waals surface area contributed by atoms with Crippen LogP contribution in [0.15, 0.2) is 60.0 Å². The summed E-state index contributed by atoms with van der Waals surface area (Å²) in [4.78, 5) is 11.0. The van der Waals surface area contributed by atoms with Gasteiger partial charge in [-0.05, 0) is 49.2 Å². The predicted octanol–water partition coefficient (Wildman–Crippen LogP) is 4.08. The van der Waals surface area contributed by atoms with Gasteiger partial charge in [0.25, 0.3) is 0 Å². The SMILES string of the molecule is CC(=NO)C(c1ccc(N2CCOCC2)nc1)(c1ccnc(C)c1)c1ccc(F)cc1F. The zero-order valence-electron chi connectivity index (χ0n) is 17.9. The number of aromatic nitrogens is 2. The van der Waals surface area contributed by atoms with Gasteiger partial charge in [0.05, 0.1) is 24.3 Å². The molecule has 0 saturated carbocycles. The number of rotatable bonds is 5. The molecular formula is C24H24F2N4O2. The van der Waals surface area contributed by atoms with E-state index in [9.17, 15) is 9.60 Å². The second-order valence-electron chi connectivity index (χ2n) is 7.75. The molecule has 0 amide bonds. The Labute approximate surface area is 185 Å². The van der Waals surface area contributed by atoms with Crippen molar-refractivity contribution in [3.8, 4) is 0 Å². The molecule has 0 aliphatic carbocycles. The molecule has 1 aliphatic rings. The largest absolute Gasteiger partial charge is 0.411 e. The Bertz CT molecular complexity index is 1130. The van der Waals surface area contributed by atoms with Gasteiger partial charge in [0, 0.05) is 42.8 Å². The predicted molar refractivity (Wildman–Crippen MR) is 117 cm³/mol. The van der Waals surface area contributed by atoms with E-state index >= 15 is 4.39 Å². The molecule has 1 atom stereocenters. The van der Waals surface area contributed by atoms with Crippen LogP contribution < -0.4 is 4.90 Å². The third-order valence-corrected chi connectivity index (χ3v) is 5.87. The van der Waals surface area contributed by atoms with Crippen molar-refractivity contribution in [1.29, 1.82) is 0 Å². The fourth-order valence-electron chi connectivity index (χ4n) is 4.33. The summed E-state index contributed by atoms with van der Waals surface area (Å²) in [6.45, 7) is 6.13. The van der Waals surface area contributed by atoms with E-state index < -0.39 is 17.0 Å². The lowest BCUT2D eigenvalue weighted by Gasteiger charge is -2.35. The van der Waals surface area contributed by atoms with Crippen molar-refractivity contribution in [2.45, 2.75) is 19.3 Å². The number of benzene rings is 1. The molecule has 1 aromatic carbocycles. The van der Waals surface area contributed by atoms with Crippen LogP contribution in [-0.4, -0.2) is 47.2 Å². The number of oxime groups is 1. The number of hydrogen-bond acceptors (Lipinski definition) is 6. The lowest BCUT2D eigenvalue weighted by molar-refractivity contribution is 0.122. The molecule has 0 radical (unpaired) electrons. The van der Waals surface area contributed by atoms with E-state index in [2.05, 4.69) is 20.0 Å². The summed E-state index contributed by atoms with van der Waals surface area (Å²) in [5, 5.41) is 13.3. The molecular weight excluding hydrogens is 414 g/mol. The van der Waals surface area contributed by atoms with Crippen LogP contribution in [0.3, 0.4) is 0 Å². The van der Waals surface area contributed by atoms with Gasteiger partial charge in [-0.2, -0.15) is 0 Å². The summed E-state index contributed by atoms with van der Waals surface area (Å²) in [6, 6.07) is 10.6. The Morgan fingerprint density at radius 1 is 1.06 bits per heavy atom. The van der Waals surface area contributed by atoms with Crippen molar-refractivity contribution in [1.82, 2.24) is 9.97 Å². The number of morpholine rings is 1. The smallest absolute Gasteiger partial charge is 0.130 e. The quantitative estimate of drug-likeness (QED) is 0.369. The maximum Gasteiger partial charge on any atom is 0.130 e. The first-order valence-electron chi connectivity index (χ1n) is 10.3. The van der Waals surface area contributed by atoms with E-state index in [1.165, 1.54) is 12.1 Å². The average molecular weight is 438 g/mol. The van der Waals surface area contributed by atoms with Crippen LogP contribution in [0.25, 0.3) is 0 Å². The molecule has 6 nitrogen and oxygen atoms in total. The number of halogens is 2. The molecule has 166 valence electrons. The lowest BCUT2D eigenvalue weighted by Crippen LogP contribution is -2.39. The van der Waals surface area contributed by atoms with Gasteiger partial charge in [-0.1, -0.05) is 17.3 Å². The Morgan fingerprint density at radius 2 is 1.84 bits per heavy atom. The van der Waals surface area contributed by atoms with Crippen LogP contribution >= 0.6 is 0 Å². The highest BCUT2D eigenvalue weighted by molar-refractivity contribution is 5.99. The van der Waals surface area contributed by atoms with E-state index in [4.69, 9.17) is 4.74 Å². The van der Waals surface area contributed by atoms with Gasteiger partial charge < -0.3 is 14.8 Å². The normalized spacial score (nSPS) is 16.6. The summed E-state index contributed by atoms with van der Waals surface area (Å²) < 4.78 is 34.4. The highest BCUT2D eigenvalue weighted by atomic mass is 19.1. The van der Waals surface area contributed by atoms with Crippen molar-refractivity contribution in [2.75, 3.05) is 31.2 Å². The summed E-state index contributed by atoms with van der Waals surface area (Å²) in [7, 11) is 0. The first-order chi connectivity index (χ1) is 15.5. The minimum absolute atomic E-state index is 0.153. The Hall–Kier alpha value is -3.39. The number of ether oxygens (including phenoxy) is 1. The van der Waals surface area contributed by atoms with Gasteiger partial charge in [0.1, 0.15) is 17.5 Å². The number of aryl methyl sites for hydroxylation is 1. The van der Waals surface area contributed by atoms with Gasteiger partial charge in [-0.25, -0.2) is 13.8 Å². The standard InChI is InChI=1S/C24H24F2N4O2/c1-16-13-18(7-8-27-16)24(17(2)29-31,21-5-4-20(25)14-22(21)26)19-3-6-23(28-15-19)30-9-11-32-12-10-30/h3-8,13-15,31H,9-12H2,1-2H3. The van der Waals surface area contributed by atoms with E-state index in [-0.39, 0.29) is 11.3 Å². The Morgan fingerprint density at radius 3 is 2.47 bits per heavy atom. The van der Waals surface area contributed by atoms with Crippen LogP contribution in [0.1, 0.15) is 29.3 Å². The molecule has 0 spiro atoms. The van der Waals surface area contributed by atoms with Gasteiger partial charge >= 0.3 is 0 Å². The number of hydrogen-bond donors (Lipinski definition) is 1. The zero-order chi connectivity index (χ0) is 22.7. The molecule has 3 heterocycles. The summed E-state index contributed by atoms with van der Waals surface area (Å²) in [6.07, 6.45) is 3.26. The molecule has 0 bridgehead atoms. The van der Waals surface area contributed by atoms with Crippen molar-refractivity contribution in [3.63, 3.8) is 0 Å². The van der Waals surface area contributed by atoms with Crippen molar-refractivity contribution in [2.24, 2.45) is 5.16 Å². The average Bonchev–Trinajstić information content (AvgIpc) is 2.81. The van der Waals surface area contributed by atoms with Gasteiger partial charge in [-0.15, -0.1) is 0 Å². The fourth-order valence-corrected chi connectivity index (χ4v) is 4.33. The van der Waals surface area contributed by atoms with Crippen molar-refractivity contribution < 1.29 is 18.7 Å².